The highest BCUT2D eigenvalue weighted by Gasteiger charge is 2.15. The molecule has 1 aromatic rings. The lowest BCUT2D eigenvalue weighted by Gasteiger charge is -2.20. The van der Waals surface area contributed by atoms with E-state index in [1.165, 1.54) is 23.1 Å². The third-order valence-electron chi connectivity index (χ3n) is 2.41. The van der Waals surface area contributed by atoms with Crippen molar-refractivity contribution in [3.63, 3.8) is 0 Å². The summed E-state index contributed by atoms with van der Waals surface area (Å²) in [6.07, 6.45) is 1.52. The SMILES string of the molecule is C=CCN(CCO)C(=O)Nc1ccc([N+](=O)[O-])cc1Cl. The van der Waals surface area contributed by atoms with Gasteiger partial charge in [-0.1, -0.05) is 17.7 Å². The van der Waals surface area contributed by atoms with Crippen LogP contribution in [0.15, 0.2) is 30.9 Å². The Hall–Kier alpha value is -2.12. The minimum absolute atomic E-state index is 0.0649. The van der Waals surface area contributed by atoms with E-state index in [-0.39, 0.29) is 36.1 Å². The highest BCUT2D eigenvalue weighted by molar-refractivity contribution is 6.33. The number of nitrogens with zero attached hydrogens (tertiary/aromatic N) is 2. The summed E-state index contributed by atoms with van der Waals surface area (Å²) in [7, 11) is 0. The summed E-state index contributed by atoms with van der Waals surface area (Å²) in [5, 5.41) is 22.0. The summed E-state index contributed by atoms with van der Waals surface area (Å²) in [4.78, 5) is 23.3. The van der Waals surface area contributed by atoms with Crippen molar-refractivity contribution in [1.29, 1.82) is 0 Å². The van der Waals surface area contributed by atoms with E-state index in [1.54, 1.807) is 0 Å². The molecule has 0 unspecified atom stereocenters. The van der Waals surface area contributed by atoms with Crippen LogP contribution in [0.2, 0.25) is 5.02 Å². The molecule has 0 atom stereocenters. The van der Waals surface area contributed by atoms with Crippen molar-refractivity contribution < 1.29 is 14.8 Å². The van der Waals surface area contributed by atoms with Crippen LogP contribution < -0.4 is 5.32 Å². The number of aliphatic hydroxyl groups excluding tert-OH is 1. The second-order valence-electron chi connectivity index (χ2n) is 3.81. The fraction of sp³-hybridized carbons (Fsp3) is 0.250. The molecule has 1 aromatic carbocycles. The first-order valence-electron chi connectivity index (χ1n) is 5.71. The molecule has 0 fully saturated rings. The number of nitro benzene ring substituents is 1. The number of rotatable bonds is 6. The molecule has 0 saturated heterocycles. The first-order chi connectivity index (χ1) is 9.49. The Bertz CT molecular complexity index is 521. The third kappa shape index (κ3) is 4.22. The first kappa shape index (κ1) is 15.9. The van der Waals surface area contributed by atoms with Gasteiger partial charge in [0.2, 0.25) is 0 Å². The van der Waals surface area contributed by atoms with Gasteiger partial charge in [-0.05, 0) is 6.07 Å². The third-order valence-corrected chi connectivity index (χ3v) is 2.72. The Balaban J connectivity index is 2.83. The van der Waals surface area contributed by atoms with Crippen molar-refractivity contribution in [2.45, 2.75) is 0 Å². The molecule has 0 heterocycles. The van der Waals surface area contributed by atoms with Gasteiger partial charge in [0.1, 0.15) is 0 Å². The predicted molar refractivity (Wildman–Crippen MR) is 76.0 cm³/mol. The number of carbonyl (C=O) groups excluding carboxylic acids is 1. The normalized spacial score (nSPS) is 9.90. The Kier molecular flexibility index (Phi) is 5.95. The van der Waals surface area contributed by atoms with Gasteiger partial charge in [-0.15, -0.1) is 6.58 Å². The number of carbonyl (C=O) groups is 1. The van der Waals surface area contributed by atoms with Gasteiger partial charge in [0, 0.05) is 25.2 Å². The first-order valence-corrected chi connectivity index (χ1v) is 6.09. The molecule has 0 aliphatic rings. The van der Waals surface area contributed by atoms with Gasteiger partial charge in [0.15, 0.2) is 0 Å². The van der Waals surface area contributed by atoms with Gasteiger partial charge in [0.05, 0.1) is 22.2 Å². The van der Waals surface area contributed by atoms with E-state index < -0.39 is 11.0 Å². The van der Waals surface area contributed by atoms with Gasteiger partial charge in [0.25, 0.3) is 5.69 Å². The molecule has 0 radical (unpaired) electrons. The molecule has 0 aromatic heterocycles. The minimum Gasteiger partial charge on any atom is -0.395 e. The number of non-ortho nitro benzene ring substituents is 1. The summed E-state index contributed by atoms with van der Waals surface area (Å²) >= 11 is 5.87. The van der Waals surface area contributed by atoms with Crippen molar-refractivity contribution in [1.82, 2.24) is 4.90 Å². The monoisotopic (exact) mass is 299 g/mol. The second kappa shape index (κ2) is 7.46. The molecule has 2 N–H and O–H groups in total. The number of benzene rings is 1. The average Bonchev–Trinajstić information content (AvgIpc) is 2.40. The van der Waals surface area contributed by atoms with E-state index in [2.05, 4.69) is 11.9 Å². The zero-order valence-electron chi connectivity index (χ0n) is 10.6. The Labute approximate surface area is 120 Å². The van der Waals surface area contributed by atoms with Crippen LogP contribution in [-0.2, 0) is 0 Å². The molecule has 7 nitrogen and oxygen atoms in total. The molecular formula is C12H14ClN3O4. The molecule has 0 bridgehead atoms. The van der Waals surface area contributed by atoms with Crippen LogP contribution in [0.25, 0.3) is 0 Å². The summed E-state index contributed by atoms with van der Waals surface area (Å²) < 4.78 is 0. The van der Waals surface area contributed by atoms with E-state index in [1.807, 2.05) is 0 Å². The molecule has 8 heteroatoms. The van der Waals surface area contributed by atoms with Gasteiger partial charge in [-0.2, -0.15) is 0 Å². The van der Waals surface area contributed by atoms with Gasteiger partial charge in [-0.3, -0.25) is 10.1 Å². The van der Waals surface area contributed by atoms with Crippen LogP contribution in [-0.4, -0.2) is 40.7 Å². The van der Waals surface area contributed by atoms with E-state index >= 15 is 0 Å². The lowest BCUT2D eigenvalue weighted by atomic mass is 10.3. The van der Waals surface area contributed by atoms with Crippen molar-refractivity contribution >= 4 is 29.0 Å². The predicted octanol–water partition coefficient (Wildman–Crippen LogP) is 2.26. The highest BCUT2D eigenvalue weighted by Crippen LogP contribution is 2.26. The summed E-state index contributed by atoms with van der Waals surface area (Å²) in [5.41, 5.74) is 0.0978. The number of aliphatic hydroxyl groups is 1. The minimum atomic E-state index is -0.576. The fourth-order valence-electron chi connectivity index (χ4n) is 1.47. The Morgan fingerprint density at radius 1 is 1.60 bits per heavy atom. The second-order valence-corrected chi connectivity index (χ2v) is 4.22. The van der Waals surface area contributed by atoms with Crippen LogP contribution in [0.4, 0.5) is 16.2 Å². The quantitative estimate of drug-likeness (QED) is 0.478. The number of hydrogen-bond donors (Lipinski definition) is 2. The van der Waals surface area contributed by atoms with Crippen molar-refractivity contribution in [3.05, 3.63) is 46.0 Å². The maximum atomic E-state index is 11.9. The largest absolute Gasteiger partial charge is 0.395 e. The Morgan fingerprint density at radius 2 is 2.30 bits per heavy atom. The topological polar surface area (TPSA) is 95.7 Å². The lowest BCUT2D eigenvalue weighted by molar-refractivity contribution is -0.384. The number of anilines is 1. The summed E-state index contributed by atoms with van der Waals surface area (Å²) in [5.74, 6) is 0. The maximum Gasteiger partial charge on any atom is 0.322 e. The number of hydrogen-bond acceptors (Lipinski definition) is 4. The number of nitrogens with one attached hydrogen (secondary N) is 1. The molecule has 0 spiro atoms. The zero-order valence-corrected chi connectivity index (χ0v) is 11.3. The molecular weight excluding hydrogens is 286 g/mol. The molecule has 0 aliphatic carbocycles. The molecule has 108 valence electrons. The van der Waals surface area contributed by atoms with E-state index in [0.29, 0.717) is 0 Å². The average molecular weight is 300 g/mol. The van der Waals surface area contributed by atoms with Crippen LogP contribution in [0.5, 0.6) is 0 Å². The van der Waals surface area contributed by atoms with Gasteiger partial charge < -0.3 is 15.3 Å². The molecule has 0 saturated carbocycles. The number of amides is 2. The van der Waals surface area contributed by atoms with Crippen molar-refractivity contribution in [2.24, 2.45) is 0 Å². The van der Waals surface area contributed by atoms with Crippen LogP contribution >= 0.6 is 11.6 Å². The number of nitro groups is 1. The van der Waals surface area contributed by atoms with Crippen molar-refractivity contribution in [2.75, 3.05) is 25.0 Å². The van der Waals surface area contributed by atoms with Crippen LogP contribution in [0.1, 0.15) is 0 Å². The Morgan fingerprint density at radius 3 is 2.80 bits per heavy atom. The zero-order chi connectivity index (χ0) is 15.1. The molecule has 20 heavy (non-hydrogen) atoms. The molecule has 0 aliphatic heterocycles. The molecule has 2 amide bonds. The van der Waals surface area contributed by atoms with E-state index in [4.69, 9.17) is 16.7 Å². The fourth-order valence-corrected chi connectivity index (χ4v) is 1.69. The lowest BCUT2D eigenvalue weighted by Crippen LogP contribution is -2.37. The van der Waals surface area contributed by atoms with Crippen LogP contribution in [0, 0.1) is 10.1 Å². The van der Waals surface area contributed by atoms with Gasteiger partial charge in [-0.25, -0.2) is 4.79 Å². The molecule has 1 rings (SSSR count). The number of urea groups is 1. The summed E-state index contributed by atoms with van der Waals surface area (Å²) in [6, 6.07) is 3.27. The van der Waals surface area contributed by atoms with E-state index in [9.17, 15) is 14.9 Å². The number of halogens is 1. The van der Waals surface area contributed by atoms with Crippen molar-refractivity contribution in [3.8, 4) is 0 Å². The maximum absolute atomic E-state index is 11.9. The van der Waals surface area contributed by atoms with Crippen LogP contribution in [0.3, 0.4) is 0 Å². The smallest absolute Gasteiger partial charge is 0.322 e. The highest BCUT2D eigenvalue weighted by atomic mass is 35.5. The van der Waals surface area contributed by atoms with Gasteiger partial charge >= 0.3 is 6.03 Å². The summed E-state index contributed by atoms with van der Waals surface area (Å²) in [6.45, 7) is 3.73. The van der Waals surface area contributed by atoms with E-state index in [0.717, 1.165) is 6.07 Å². The standard InChI is InChI=1S/C12H14ClN3O4/c1-2-5-15(6-7-17)12(18)14-11-4-3-9(16(19)20)8-10(11)13/h2-4,8,17H,1,5-7H2,(H,14,18).